The third kappa shape index (κ3) is 6.42. The van der Waals surface area contributed by atoms with Crippen molar-refractivity contribution < 1.29 is 0 Å². The van der Waals surface area contributed by atoms with Crippen molar-refractivity contribution in [3.05, 3.63) is 252 Å². The molecule has 0 bridgehead atoms. The summed E-state index contributed by atoms with van der Waals surface area (Å²) >= 11 is 0. The lowest BCUT2D eigenvalue weighted by atomic mass is 9.81. The average molecular weight is 883 g/mol. The smallest absolute Gasteiger partial charge is 0.0159 e. The van der Waals surface area contributed by atoms with Crippen LogP contribution in [-0.2, 0) is 16.2 Å². The number of hydrogen-bond donors (Lipinski definition) is 0. The summed E-state index contributed by atoms with van der Waals surface area (Å²) in [6, 6.07) is 82.5. The van der Waals surface area contributed by atoms with E-state index in [4.69, 9.17) is 0 Å². The van der Waals surface area contributed by atoms with Gasteiger partial charge in [0.05, 0.1) is 0 Å². The molecular formula is C69H54. The van der Waals surface area contributed by atoms with Gasteiger partial charge in [0.2, 0.25) is 0 Å². The zero-order valence-electron chi connectivity index (χ0n) is 40.3. The summed E-state index contributed by atoms with van der Waals surface area (Å²) in [5.41, 5.74) is 31.1. The summed E-state index contributed by atoms with van der Waals surface area (Å²) in [5.74, 6) is 0. The van der Waals surface area contributed by atoms with Crippen LogP contribution < -0.4 is 0 Å². The Morgan fingerprint density at radius 2 is 0.377 bits per heavy atom. The van der Waals surface area contributed by atoms with Crippen molar-refractivity contribution in [2.24, 2.45) is 0 Å². The second-order valence-corrected chi connectivity index (χ2v) is 21.3. The molecule has 3 aliphatic carbocycles. The van der Waals surface area contributed by atoms with E-state index in [9.17, 15) is 0 Å². The molecule has 0 heteroatoms. The molecule has 0 atom stereocenters. The predicted octanol–water partition coefficient (Wildman–Crippen LogP) is 18.6. The van der Waals surface area contributed by atoms with Crippen molar-refractivity contribution in [2.75, 3.05) is 0 Å². The molecule has 0 nitrogen and oxygen atoms in total. The Hall–Kier alpha value is -7.80. The molecule has 69 heavy (non-hydrogen) atoms. The predicted molar refractivity (Wildman–Crippen MR) is 292 cm³/mol. The van der Waals surface area contributed by atoms with E-state index in [-0.39, 0.29) is 16.2 Å². The van der Waals surface area contributed by atoms with Gasteiger partial charge in [-0.15, -0.1) is 0 Å². The Kier molecular flexibility index (Phi) is 9.06. The van der Waals surface area contributed by atoms with Crippen molar-refractivity contribution in [3.63, 3.8) is 0 Å². The first-order valence-corrected chi connectivity index (χ1v) is 24.6. The van der Waals surface area contributed by atoms with Gasteiger partial charge in [-0.25, -0.2) is 0 Å². The monoisotopic (exact) mass is 882 g/mol. The number of rotatable bonds is 6. The zero-order chi connectivity index (χ0) is 46.8. The van der Waals surface area contributed by atoms with Crippen LogP contribution in [0.2, 0.25) is 0 Å². The van der Waals surface area contributed by atoms with Gasteiger partial charge in [0.1, 0.15) is 0 Å². The van der Waals surface area contributed by atoms with Crippen LogP contribution in [0.1, 0.15) is 74.9 Å². The lowest BCUT2D eigenvalue weighted by Crippen LogP contribution is -2.14. The van der Waals surface area contributed by atoms with Crippen molar-refractivity contribution in [1.29, 1.82) is 0 Å². The van der Waals surface area contributed by atoms with E-state index in [0.717, 1.165) is 0 Å². The van der Waals surface area contributed by atoms with E-state index in [2.05, 4.69) is 260 Å². The molecule has 330 valence electrons. The van der Waals surface area contributed by atoms with Crippen LogP contribution in [0, 0.1) is 0 Å². The van der Waals surface area contributed by atoms with Gasteiger partial charge in [-0.1, -0.05) is 224 Å². The third-order valence-corrected chi connectivity index (χ3v) is 16.3. The van der Waals surface area contributed by atoms with E-state index in [1.54, 1.807) is 0 Å². The minimum Gasteiger partial charge on any atom is -0.0619 e. The molecule has 0 spiro atoms. The van der Waals surface area contributed by atoms with Gasteiger partial charge in [-0.2, -0.15) is 0 Å². The molecule has 0 amide bonds. The lowest BCUT2D eigenvalue weighted by molar-refractivity contribution is 0.660. The van der Waals surface area contributed by atoms with E-state index in [1.165, 1.54) is 134 Å². The molecule has 0 fully saturated rings. The SMILES string of the molecule is CC1(C)c2ccccc2-c2ccc(-c3ccc(-c4cc(-c5ccc(-c6ccc7c(c6)C(C)(C)c6ccccc6-7)cc5)cc(-c5ccc(-c6ccc7c(c6)C(C)(C)c6ccccc6-7)cc5)c4)cc3)cc21. The fraction of sp³-hybridized carbons (Fsp3) is 0.130. The summed E-state index contributed by atoms with van der Waals surface area (Å²) in [6.45, 7) is 14.1. The molecule has 0 radical (unpaired) electrons. The molecular weight excluding hydrogens is 829 g/mol. The van der Waals surface area contributed by atoms with Gasteiger partial charge in [-0.05, 0) is 170 Å². The zero-order valence-corrected chi connectivity index (χ0v) is 40.3. The summed E-state index contributed by atoms with van der Waals surface area (Å²) < 4.78 is 0. The first-order chi connectivity index (χ1) is 33.4. The highest BCUT2D eigenvalue weighted by molar-refractivity contribution is 5.88. The highest BCUT2D eigenvalue weighted by atomic mass is 14.4. The maximum atomic E-state index is 2.42. The molecule has 0 saturated heterocycles. The van der Waals surface area contributed by atoms with Gasteiger partial charge in [0, 0.05) is 16.2 Å². The highest BCUT2D eigenvalue weighted by Gasteiger charge is 2.37. The normalized spacial score (nSPS) is 14.9. The van der Waals surface area contributed by atoms with Gasteiger partial charge in [-0.3, -0.25) is 0 Å². The molecule has 10 aromatic rings. The van der Waals surface area contributed by atoms with E-state index in [1.807, 2.05) is 0 Å². The Morgan fingerprint density at radius 1 is 0.174 bits per heavy atom. The van der Waals surface area contributed by atoms with Crippen molar-refractivity contribution in [1.82, 2.24) is 0 Å². The molecule has 10 aromatic carbocycles. The first-order valence-electron chi connectivity index (χ1n) is 24.6. The topological polar surface area (TPSA) is 0 Å². The van der Waals surface area contributed by atoms with Gasteiger partial charge >= 0.3 is 0 Å². The van der Waals surface area contributed by atoms with Crippen molar-refractivity contribution in [3.8, 4) is 100 Å². The molecule has 0 aliphatic heterocycles. The maximum Gasteiger partial charge on any atom is 0.0159 e. The summed E-state index contributed by atoms with van der Waals surface area (Å²) in [7, 11) is 0. The highest BCUT2D eigenvalue weighted by Crippen LogP contribution is 2.52. The lowest BCUT2D eigenvalue weighted by Gasteiger charge is -2.22. The standard InChI is InChI=1S/C69H54/c1-67(2)61-16-10-7-13-55(61)58-34-31-49(40-64(58)67)43-19-25-46(26-20-43)52-37-53(47-27-21-44(22-28-47)50-32-35-59-56-14-8-11-17-62(56)68(3,4)65(59)41-50)39-54(38-52)48-29-23-45(24-30-48)51-33-36-60-57-15-9-12-18-63(57)69(5,6)66(60)42-51/h7-42H,1-6H3. The van der Waals surface area contributed by atoms with E-state index >= 15 is 0 Å². The minimum absolute atomic E-state index is 0.0373. The number of benzene rings is 10. The van der Waals surface area contributed by atoms with E-state index in [0.29, 0.717) is 0 Å². The Bertz CT molecular complexity index is 3300. The van der Waals surface area contributed by atoms with Gasteiger partial charge in [0.25, 0.3) is 0 Å². The fourth-order valence-corrected chi connectivity index (χ4v) is 12.3. The number of fused-ring (bicyclic) bond motifs is 9. The molecule has 0 N–H and O–H groups in total. The Balaban J connectivity index is 0.855. The second-order valence-electron chi connectivity index (χ2n) is 21.3. The quantitative estimate of drug-likeness (QED) is 0.156. The fourth-order valence-electron chi connectivity index (χ4n) is 12.3. The molecule has 13 rings (SSSR count). The number of hydrogen-bond acceptors (Lipinski definition) is 0. The summed E-state index contributed by atoms with van der Waals surface area (Å²) in [5, 5.41) is 0. The first kappa shape index (κ1) is 41.4. The van der Waals surface area contributed by atoms with Gasteiger partial charge in [0.15, 0.2) is 0 Å². The second kappa shape index (κ2) is 15.1. The third-order valence-electron chi connectivity index (χ3n) is 16.3. The van der Waals surface area contributed by atoms with Crippen LogP contribution in [-0.4, -0.2) is 0 Å². The minimum atomic E-state index is -0.0373. The van der Waals surface area contributed by atoms with Crippen LogP contribution in [0.4, 0.5) is 0 Å². The Labute approximate surface area is 407 Å². The molecule has 3 aliphatic rings. The van der Waals surface area contributed by atoms with Crippen LogP contribution in [0.15, 0.2) is 218 Å². The average Bonchev–Trinajstić information content (AvgIpc) is 3.87. The molecule has 0 saturated carbocycles. The van der Waals surface area contributed by atoms with Crippen LogP contribution in [0.5, 0.6) is 0 Å². The van der Waals surface area contributed by atoms with E-state index < -0.39 is 0 Å². The Morgan fingerprint density at radius 3 is 0.638 bits per heavy atom. The maximum absolute atomic E-state index is 2.42. The van der Waals surface area contributed by atoms with Crippen molar-refractivity contribution in [2.45, 2.75) is 57.8 Å². The van der Waals surface area contributed by atoms with Crippen LogP contribution in [0.25, 0.3) is 100 Å². The largest absolute Gasteiger partial charge is 0.0619 e. The summed E-state index contributed by atoms with van der Waals surface area (Å²) in [4.78, 5) is 0. The molecule has 0 aromatic heterocycles. The molecule has 0 unspecified atom stereocenters. The molecule has 0 heterocycles. The van der Waals surface area contributed by atoms with Crippen molar-refractivity contribution >= 4 is 0 Å². The van der Waals surface area contributed by atoms with Crippen LogP contribution in [0.3, 0.4) is 0 Å². The summed E-state index contributed by atoms with van der Waals surface area (Å²) in [6.07, 6.45) is 0. The van der Waals surface area contributed by atoms with Crippen LogP contribution >= 0.6 is 0 Å². The van der Waals surface area contributed by atoms with Gasteiger partial charge < -0.3 is 0 Å².